The molecule has 5 nitrogen and oxygen atoms in total. The van der Waals surface area contributed by atoms with Gasteiger partial charge < -0.3 is 10.1 Å². The summed E-state index contributed by atoms with van der Waals surface area (Å²) in [5, 5.41) is 3.36. The highest BCUT2D eigenvalue weighted by Crippen LogP contribution is 2.21. The van der Waals surface area contributed by atoms with Crippen molar-refractivity contribution in [2.75, 3.05) is 19.5 Å². The lowest BCUT2D eigenvalue weighted by atomic mass is 10.1. The Morgan fingerprint density at radius 1 is 1.32 bits per heavy atom. The van der Waals surface area contributed by atoms with Gasteiger partial charge in [0.15, 0.2) is 0 Å². The van der Waals surface area contributed by atoms with E-state index in [2.05, 4.69) is 15.3 Å². The van der Waals surface area contributed by atoms with E-state index in [1.807, 2.05) is 0 Å². The molecule has 0 saturated heterocycles. The quantitative estimate of drug-likeness (QED) is 0.870. The normalized spacial score (nSPS) is 10.1. The van der Waals surface area contributed by atoms with Crippen molar-refractivity contribution in [3.8, 4) is 5.88 Å². The fourth-order valence-corrected chi connectivity index (χ4v) is 1.74. The van der Waals surface area contributed by atoms with Crippen LogP contribution in [0, 0.1) is 0 Å². The van der Waals surface area contributed by atoms with E-state index in [1.165, 1.54) is 19.5 Å². The van der Waals surface area contributed by atoms with Crippen molar-refractivity contribution in [3.63, 3.8) is 0 Å². The number of pyridine rings is 2. The summed E-state index contributed by atoms with van der Waals surface area (Å²) in [5.74, 6) is 0.227. The number of ketones is 1. The van der Waals surface area contributed by atoms with E-state index < -0.39 is 0 Å². The van der Waals surface area contributed by atoms with Crippen LogP contribution in [0.25, 0.3) is 0 Å². The summed E-state index contributed by atoms with van der Waals surface area (Å²) in [6.07, 6.45) is 2.89. The van der Waals surface area contributed by atoms with Gasteiger partial charge >= 0.3 is 0 Å². The third-order valence-corrected chi connectivity index (χ3v) is 2.75. The van der Waals surface area contributed by atoms with Crippen LogP contribution in [-0.2, 0) is 0 Å². The molecule has 2 aromatic rings. The number of nitrogens with zero attached hydrogens (tertiary/aromatic N) is 2. The molecule has 0 bridgehead atoms. The van der Waals surface area contributed by atoms with Gasteiger partial charge in [-0.25, -0.2) is 9.97 Å². The summed E-state index contributed by atoms with van der Waals surface area (Å²) < 4.78 is 4.95. The largest absolute Gasteiger partial charge is 0.481 e. The van der Waals surface area contributed by atoms with Crippen molar-refractivity contribution in [3.05, 3.63) is 46.9 Å². The van der Waals surface area contributed by atoms with E-state index >= 15 is 0 Å². The van der Waals surface area contributed by atoms with Crippen LogP contribution in [0.1, 0.15) is 16.1 Å². The summed E-state index contributed by atoms with van der Waals surface area (Å²) in [5.41, 5.74) is 1.32. The maximum absolute atomic E-state index is 12.3. The van der Waals surface area contributed by atoms with Crippen LogP contribution in [0.5, 0.6) is 5.88 Å². The van der Waals surface area contributed by atoms with E-state index in [4.69, 9.17) is 16.3 Å². The first-order valence-electron chi connectivity index (χ1n) is 5.53. The predicted octanol–water partition coefficient (Wildman–Crippen LogP) is 2.41. The molecule has 6 heteroatoms. The van der Waals surface area contributed by atoms with Crippen LogP contribution < -0.4 is 10.1 Å². The van der Waals surface area contributed by atoms with E-state index in [0.29, 0.717) is 27.8 Å². The summed E-state index contributed by atoms with van der Waals surface area (Å²) in [4.78, 5) is 20.4. The number of carbonyl (C=O) groups is 1. The molecule has 0 spiro atoms. The Bertz CT molecular complexity index is 599. The Morgan fingerprint density at radius 3 is 2.68 bits per heavy atom. The van der Waals surface area contributed by atoms with Crippen LogP contribution in [0.4, 0.5) is 5.69 Å². The van der Waals surface area contributed by atoms with Gasteiger partial charge in [-0.2, -0.15) is 0 Å². The molecule has 98 valence electrons. The van der Waals surface area contributed by atoms with Gasteiger partial charge in [0.1, 0.15) is 5.69 Å². The molecule has 0 aliphatic carbocycles. The number of rotatable bonds is 4. The molecule has 2 heterocycles. The second-order valence-corrected chi connectivity index (χ2v) is 4.15. The zero-order valence-electron chi connectivity index (χ0n) is 10.5. The Hall–Kier alpha value is -2.14. The van der Waals surface area contributed by atoms with Gasteiger partial charge in [0.25, 0.3) is 0 Å². The minimum atomic E-state index is -0.226. The van der Waals surface area contributed by atoms with Crippen molar-refractivity contribution in [1.29, 1.82) is 0 Å². The summed E-state index contributed by atoms with van der Waals surface area (Å²) in [6.45, 7) is 0. The second-order valence-electron chi connectivity index (χ2n) is 3.72. The molecule has 0 aliphatic heterocycles. The summed E-state index contributed by atoms with van der Waals surface area (Å²) in [6, 6.07) is 4.92. The molecule has 2 rings (SSSR count). The van der Waals surface area contributed by atoms with Gasteiger partial charge in [0.2, 0.25) is 11.7 Å². The Kier molecular flexibility index (Phi) is 3.97. The van der Waals surface area contributed by atoms with Crippen LogP contribution in [0.15, 0.2) is 30.6 Å². The number of hydrogen-bond acceptors (Lipinski definition) is 5. The van der Waals surface area contributed by atoms with E-state index in [9.17, 15) is 4.79 Å². The van der Waals surface area contributed by atoms with E-state index in [-0.39, 0.29) is 5.78 Å². The smallest absolute Gasteiger partial charge is 0.215 e. The zero-order chi connectivity index (χ0) is 13.8. The van der Waals surface area contributed by atoms with Crippen molar-refractivity contribution < 1.29 is 9.53 Å². The van der Waals surface area contributed by atoms with Crippen molar-refractivity contribution in [1.82, 2.24) is 9.97 Å². The molecule has 0 fully saturated rings. The molecule has 0 aliphatic rings. The van der Waals surface area contributed by atoms with E-state index in [1.54, 1.807) is 25.2 Å². The molecular weight excluding hydrogens is 266 g/mol. The van der Waals surface area contributed by atoms with Gasteiger partial charge in [-0.15, -0.1) is 0 Å². The number of nitrogens with one attached hydrogen (secondary N) is 1. The predicted molar refractivity (Wildman–Crippen MR) is 73.0 cm³/mol. The Balaban J connectivity index is 2.37. The third-order valence-electron chi connectivity index (χ3n) is 2.55. The third kappa shape index (κ3) is 2.82. The molecule has 0 atom stereocenters. The lowest BCUT2D eigenvalue weighted by Gasteiger charge is -2.07. The fourth-order valence-electron chi connectivity index (χ4n) is 1.58. The van der Waals surface area contributed by atoms with Gasteiger partial charge in [-0.1, -0.05) is 11.6 Å². The fraction of sp³-hybridized carbons (Fsp3) is 0.154. The van der Waals surface area contributed by atoms with Crippen molar-refractivity contribution in [2.45, 2.75) is 0 Å². The van der Waals surface area contributed by atoms with Crippen LogP contribution >= 0.6 is 11.6 Å². The van der Waals surface area contributed by atoms with Crippen LogP contribution in [-0.4, -0.2) is 29.9 Å². The number of halogens is 1. The Labute approximate surface area is 115 Å². The molecule has 0 saturated carbocycles. The molecule has 0 radical (unpaired) electrons. The average Bonchev–Trinajstić information content (AvgIpc) is 2.46. The highest BCUT2D eigenvalue weighted by atomic mass is 35.5. The minimum Gasteiger partial charge on any atom is -0.481 e. The number of hydrogen-bond donors (Lipinski definition) is 1. The number of ether oxygens (including phenoxy) is 1. The lowest BCUT2D eigenvalue weighted by Crippen LogP contribution is -2.08. The Morgan fingerprint density at radius 2 is 2.11 bits per heavy atom. The first kappa shape index (κ1) is 13.3. The number of methoxy groups -OCH3 is 1. The zero-order valence-corrected chi connectivity index (χ0v) is 11.2. The molecule has 19 heavy (non-hydrogen) atoms. The second kappa shape index (κ2) is 5.67. The molecule has 1 N–H and O–H groups in total. The molecule has 0 aromatic carbocycles. The van der Waals surface area contributed by atoms with Crippen molar-refractivity contribution >= 4 is 23.1 Å². The monoisotopic (exact) mass is 277 g/mol. The first-order chi connectivity index (χ1) is 9.15. The standard InChI is InChI=1S/C13H12ClN3O2/c1-15-10-5-9(14)7-17-12(10)13(18)8-3-4-11(19-2)16-6-8/h3-7,15H,1-2H3. The summed E-state index contributed by atoms with van der Waals surface area (Å²) >= 11 is 5.84. The lowest BCUT2D eigenvalue weighted by molar-refractivity contribution is 0.103. The van der Waals surface area contributed by atoms with Crippen LogP contribution in [0.3, 0.4) is 0 Å². The minimum absolute atomic E-state index is 0.226. The maximum atomic E-state index is 12.3. The highest BCUT2D eigenvalue weighted by molar-refractivity contribution is 6.31. The van der Waals surface area contributed by atoms with Gasteiger partial charge in [0, 0.05) is 31.1 Å². The highest BCUT2D eigenvalue weighted by Gasteiger charge is 2.15. The summed E-state index contributed by atoms with van der Waals surface area (Å²) in [7, 11) is 3.22. The maximum Gasteiger partial charge on any atom is 0.215 e. The number of anilines is 1. The molecular formula is C13H12ClN3O2. The van der Waals surface area contributed by atoms with Gasteiger partial charge in [-0.05, 0) is 12.1 Å². The first-order valence-corrected chi connectivity index (χ1v) is 5.91. The number of carbonyl (C=O) groups excluding carboxylic acids is 1. The topological polar surface area (TPSA) is 64.1 Å². The van der Waals surface area contributed by atoms with Crippen LogP contribution in [0.2, 0.25) is 5.02 Å². The van der Waals surface area contributed by atoms with Crippen molar-refractivity contribution in [2.24, 2.45) is 0 Å². The van der Waals surface area contributed by atoms with Gasteiger partial charge in [-0.3, -0.25) is 4.79 Å². The number of aromatic nitrogens is 2. The average molecular weight is 278 g/mol. The van der Waals surface area contributed by atoms with E-state index in [0.717, 1.165) is 0 Å². The SMILES string of the molecule is CNc1cc(Cl)cnc1C(=O)c1ccc(OC)nc1. The molecule has 0 unspecified atom stereocenters. The van der Waals surface area contributed by atoms with Gasteiger partial charge in [0.05, 0.1) is 17.8 Å². The molecule has 2 aromatic heterocycles. The molecule has 0 amide bonds.